The molecule has 0 atom stereocenters. The molecule has 0 bridgehead atoms. The summed E-state index contributed by atoms with van der Waals surface area (Å²) in [6, 6.07) is 20.0. The summed E-state index contributed by atoms with van der Waals surface area (Å²) in [5.41, 5.74) is 6.31. The number of hydrogen-bond acceptors (Lipinski definition) is 5. The van der Waals surface area contributed by atoms with Crippen LogP contribution in [0.5, 0.6) is 17.2 Å². The number of ether oxygens (including phenoxy) is 2. The maximum Gasteiger partial charge on any atom is 0.244 e. The van der Waals surface area contributed by atoms with Gasteiger partial charge in [-0.1, -0.05) is 42.0 Å². The fourth-order valence-corrected chi connectivity index (χ4v) is 2.75. The Morgan fingerprint density at radius 3 is 2.40 bits per heavy atom. The van der Waals surface area contributed by atoms with Crippen LogP contribution in [-0.2, 0) is 17.8 Å². The number of hydrazone groups is 1. The molecule has 0 aliphatic carbocycles. The number of nitrogens with one attached hydrogen (secondary N) is 1. The highest BCUT2D eigenvalue weighted by atomic mass is 16.5. The predicted octanol–water partition coefficient (Wildman–Crippen LogP) is 3.98. The molecule has 30 heavy (non-hydrogen) atoms. The molecule has 154 valence electrons. The highest BCUT2D eigenvalue weighted by Gasteiger charge is 2.06. The lowest BCUT2D eigenvalue weighted by Crippen LogP contribution is -2.19. The molecule has 6 heteroatoms. The van der Waals surface area contributed by atoms with Gasteiger partial charge in [-0.2, -0.15) is 5.10 Å². The van der Waals surface area contributed by atoms with Crippen LogP contribution in [0.15, 0.2) is 71.8 Å². The summed E-state index contributed by atoms with van der Waals surface area (Å²) in [7, 11) is 1.59. The Kier molecular flexibility index (Phi) is 7.05. The van der Waals surface area contributed by atoms with Crippen LogP contribution < -0.4 is 14.9 Å². The van der Waals surface area contributed by atoms with Crippen LogP contribution in [0.25, 0.3) is 0 Å². The average Bonchev–Trinajstić information content (AvgIpc) is 2.75. The van der Waals surface area contributed by atoms with E-state index in [4.69, 9.17) is 9.47 Å². The van der Waals surface area contributed by atoms with E-state index >= 15 is 0 Å². The molecule has 0 radical (unpaired) electrons. The Labute approximate surface area is 175 Å². The van der Waals surface area contributed by atoms with Gasteiger partial charge in [0.05, 0.1) is 19.7 Å². The molecule has 0 unspecified atom stereocenters. The third-order valence-electron chi connectivity index (χ3n) is 4.41. The van der Waals surface area contributed by atoms with Crippen molar-refractivity contribution in [1.29, 1.82) is 0 Å². The minimum absolute atomic E-state index is 0.164. The number of carbonyl (C=O) groups is 1. The number of methoxy groups -OCH3 is 1. The van der Waals surface area contributed by atoms with Crippen LogP contribution >= 0.6 is 0 Å². The van der Waals surface area contributed by atoms with Gasteiger partial charge in [-0.3, -0.25) is 4.79 Å². The van der Waals surface area contributed by atoms with Crippen LogP contribution in [0.3, 0.4) is 0 Å². The zero-order valence-corrected chi connectivity index (χ0v) is 17.0. The average molecular weight is 404 g/mol. The number of aromatic hydroxyl groups is 1. The molecular weight excluding hydrogens is 380 g/mol. The number of rotatable bonds is 8. The molecule has 1 amide bonds. The van der Waals surface area contributed by atoms with E-state index in [-0.39, 0.29) is 18.1 Å². The monoisotopic (exact) mass is 404 g/mol. The summed E-state index contributed by atoms with van der Waals surface area (Å²) in [5.74, 6) is 1.13. The van der Waals surface area contributed by atoms with Crippen molar-refractivity contribution in [2.75, 3.05) is 7.11 Å². The van der Waals surface area contributed by atoms with Gasteiger partial charge in [-0.25, -0.2) is 5.43 Å². The Morgan fingerprint density at radius 2 is 1.70 bits per heavy atom. The molecule has 0 spiro atoms. The second-order valence-electron chi connectivity index (χ2n) is 6.82. The molecule has 0 saturated carbocycles. The fourth-order valence-electron chi connectivity index (χ4n) is 2.75. The summed E-state index contributed by atoms with van der Waals surface area (Å²) in [4.78, 5) is 12.0. The van der Waals surface area contributed by atoms with Gasteiger partial charge in [-0.05, 0) is 53.9 Å². The lowest BCUT2D eigenvalue weighted by Gasteiger charge is -2.11. The van der Waals surface area contributed by atoms with Crippen molar-refractivity contribution < 1.29 is 19.4 Å². The van der Waals surface area contributed by atoms with Gasteiger partial charge >= 0.3 is 0 Å². The van der Waals surface area contributed by atoms with Gasteiger partial charge in [0.25, 0.3) is 0 Å². The standard InChI is InChI=1S/C24H24N2O4/c1-17-3-5-19(6-4-17)16-30-23-13-20(9-12-22(23)29-2)15-25-26-24(28)14-18-7-10-21(27)11-8-18/h3-13,15,27H,14,16H2,1-2H3,(H,26,28)/b25-15-. The Bertz CT molecular complexity index is 1010. The molecule has 0 aromatic heterocycles. The molecule has 3 aromatic carbocycles. The van der Waals surface area contributed by atoms with Crippen molar-refractivity contribution in [3.63, 3.8) is 0 Å². The quantitative estimate of drug-likeness (QED) is 0.440. The first kappa shape index (κ1) is 20.9. The summed E-state index contributed by atoms with van der Waals surface area (Å²) < 4.78 is 11.3. The molecule has 0 aliphatic heterocycles. The minimum Gasteiger partial charge on any atom is -0.508 e. The third-order valence-corrected chi connectivity index (χ3v) is 4.41. The van der Waals surface area contributed by atoms with Gasteiger partial charge in [0.2, 0.25) is 5.91 Å². The molecule has 0 fully saturated rings. The summed E-state index contributed by atoms with van der Waals surface area (Å²) >= 11 is 0. The first-order chi connectivity index (χ1) is 14.5. The summed E-state index contributed by atoms with van der Waals surface area (Å²) in [6.07, 6.45) is 1.72. The highest BCUT2D eigenvalue weighted by Crippen LogP contribution is 2.28. The van der Waals surface area contributed by atoms with Crippen LogP contribution in [0.1, 0.15) is 22.3 Å². The molecular formula is C24H24N2O4. The summed E-state index contributed by atoms with van der Waals surface area (Å²) in [5, 5.41) is 13.3. The molecule has 3 rings (SSSR count). The first-order valence-corrected chi connectivity index (χ1v) is 9.49. The fraction of sp³-hybridized carbons (Fsp3) is 0.167. The number of benzene rings is 3. The molecule has 3 aromatic rings. The van der Waals surface area contributed by atoms with Crippen molar-refractivity contribution in [3.8, 4) is 17.2 Å². The van der Waals surface area contributed by atoms with Gasteiger partial charge in [0.15, 0.2) is 11.5 Å². The molecule has 2 N–H and O–H groups in total. The Morgan fingerprint density at radius 1 is 1.00 bits per heavy atom. The van der Waals surface area contributed by atoms with E-state index in [9.17, 15) is 9.90 Å². The topological polar surface area (TPSA) is 80.2 Å². The second-order valence-corrected chi connectivity index (χ2v) is 6.82. The zero-order chi connectivity index (χ0) is 21.3. The van der Waals surface area contributed by atoms with E-state index in [1.165, 1.54) is 5.56 Å². The van der Waals surface area contributed by atoms with Gasteiger partial charge < -0.3 is 14.6 Å². The highest BCUT2D eigenvalue weighted by molar-refractivity contribution is 5.84. The van der Waals surface area contributed by atoms with Crippen molar-refractivity contribution in [1.82, 2.24) is 5.43 Å². The van der Waals surface area contributed by atoms with Crippen LogP contribution in [0.4, 0.5) is 0 Å². The molecule has 0 heterocycles. The number of carbonyl (C=O) groups excluding carboxylic acids is 1. The number of aryl methyl sites for hydroxylation is 1. The van der Waals surface area contributed by atoms with E-state index in [1.54, 1.807) is 43.7 Å². The molecule has 0 aliphatic rings. The first-order valence-electron chi connectivity index (χ1n) is 9.49. The second kappa shape index (κ2) is 10.1. The number of amides is 1. The lowest BCUT2D eigenvalue weighted by atomic mass is 10.1. The van der Waals surface area contributed by atoms with Crippen molar-refractivity contribution in [2.45, 2.75) is 20.0 Å². The SMILES string of the molecule is COc1ccc(/C=N\NC(=O)Cc2ccc(O)cc2)cc1OCc1ccc(C)cc1. The predicted molar refractivity (Wildman–Crippen MR) is 116 cm³/mol. The van der Waals surface area contributed by atoms with Crippen molar-refractivity contribution >= 4 is 12.1 Å². The van der Waals surface area contributed by atoms with Crippen LogP contribution in [0, 0.1) is 6.92 Å². The smallest absolute Gasteiger partial charge is 0.244 e. The number of phenols is 1. The molecule has 6 nitrogen and oxygen atoms in total. The number of hydrogen-bond donors (Lipinski definition) is 2. The zero-order valence-electron chi connectivity index (χ0n) is 17.0. The Hall–Kier alpha value is -3.80. The lowest BCUT2D eigenvalue weighted by molar-refractivity contribution is -0.120. The molecule has 0 saturated heterocycles. The maximum absolute atomic E-state index is 12.0. The third kappa shape index (κ3) is 6.10. The Balaban J connectivity index is 1.59. The van der Waals surface area contributed by atoms with Crippen molar-refractivity contribution in [2.24, 2.45) is 5.10 Å². The maximum atomic E-state index is 12.0. The van der Waals surface area contributed by atoms with Gasteiger partial charge in [0.1, 0.15) is 12.4 Å². The van der Waals surface area contributed by atoms with Crippen LogP contribution in [-0.4, -0.2) is 24.3 Å². The number of nitrogens with zero attached hydrogens (tertiary/aromatic N) is 1. The van der Waals surface area contributed by atoms with Crippen LogP contribution in [0.2, 0.25) is 0 Å². The minimum atomic E-state index is -0.249. The van der Waals surface area contributed by atoms with E-state index in [0.717, 1.165) is 16.7 Å². The van der Waals surface area contributed by atoms with E-state index in [1.807, 2.05) is 43.3 Å². The normalized spacial score (nSPS) is 10.7. The van der Waals surface area contributed by atoms with Gasteiger partial charge in [0, 0.05) is 0 Å². The van der Waals surface area contributed by atoms with Gasteiger partial charge in [-0.15, -0.1) is 0 Å². The van der Waals surface area contributed by atoms with E-state index < -0.39 is 0 Å². The largest absolute Gasteiger partial charge is 0.508 e. The summed E-state index contributed by atoms with van der Waals surface area (Å²) in [6.45, 7) is 2.46. The van der Waals surface area contributed by atoms with E-state index in [0.29, 0.717) is 18.1 Å². The van der Waals surface area contributed by atoms with E-state index in [2.05, 4.69) is 10.5 Å². The van der Waals surface area contributed by atoms with Crippen molar-refractivity contribution in [3.05, 3.63) is 89.0 Å². The number of phenolic OH excluding ortho intramolecular Hbond substituents is 1.